The molecule has 3 N–H and O–H groups in total. The number of ether oxygens (including phenoxy) is 2. The van der Waals surface area contributed by atoms with Crippen LogP contribution in [0.1, 0.15) is 94.5 Å². The van der Waals surface area contributed by atoms with Crippen LogP contribution in [0, 0.1) is 23.7 Å². The molecule has 2 aromatic rings. The minimum atomic E-state index is -0.568. The molecule has 5 rings (SSSR count). The molecule has 1 saturated heterocycles. The standard InChI is InChI=1S/C35H50FN3O6/c1-3-4-5-18-44-35(42)31-20-25-19-26(12-15-30(25)45-31)38-33(40)32-28(22-10-13-27(43-2)14-11-22)16-17-39(32)34(41)24-8-6-23(7-9-24)29(37)21-36/h12,15,19-20,22-24,27-29,32H,3-11,13-14,16-18,21,37H2,1-2H3,(H,38,40)/t22?,23-,24-,27?,28-,29+,32-/m0/s1. The fourth-order valence-electron chi connectivity index (χ4n) is 7.83. The molecule has 9 nitrogen and oxygen atoms in total. The van der Waals surface area contributed by atoms with Crippen molar-refractivity contribution in [1.29, 1.82) is 0 Å². The van der Waals surface area contributed by atoms with Gasteiger partial charge >= 0.3 is 5.97 Å². The number of nitrogens with two attached hydrogens (primary N) is 1. The first-order valence-corrected chi connectivity index (χ1v) is 17.0. The Hall–Kier alpha value is -2.98. The molecule has 1 aliphatic heterocycles. The first-order chi connectivity index (χ1) is 21.8. The largest absolute Gasteiger partial charge is 0.460 e. The minimum Gasteiger partial charge on any atom is -0.460 e. The Morgan fingerprint density at radius 3 is 2.49 bits per heavy atom. The van der Waals surface area contributed by atoms with E-state index in [-0.39, 0.29) is 41.4 Å². The average Bonchev–Trinajstić information content (AvgIpc) is 3.71. The van der Waals surface area contributed by atoms with E-state index in [1.165, 1.54) is 0 Å². The molecular weight excluding hydrogens is 577 g/mol. The van der Waals surface area contributed by atoms with Gasteiger partial charge in [0.05, 0.1) is 12.7 Å². The number of alkyl halides is 1. The minimum absolute atomic E-state index is 0.0304. The Kier molecular flexibility index (Phi) is 11.5. The Labute approximate surface area is 265 Å². The summed E-state index contributed by atoms with van der Waals surface area (Å²) in [5.41, 5.74) is 7.08. The number of unbranched alkanes of at least 4 members (excludes halogenated alkanes) is 2. The third-order valence-electron chi connectivity index (χ3n) is 10.5. The molecule has 1 aromatic carbocycles. The quantitative estimate of drug-likeness (QED) is 0.211. The molecule has 3 aliphatic rings. The van der Waals surface area contributed by atoms with Gasteiger partial charge in [-0.1, -0.05) is 19.8 Å². The molecule has 2 aliphatic carbocycles. The molecule has 45 heavy (non-hydrogen) atoms. The van der Waals surface area contributed by atoms with Crippen molar-refractivity contribution < 1.29 is 32.7 Å². The van der Waals surface area contributed by atoms with Crippen LogP contribution < -0.4 is 11.1 Å². The highest BCUT2D eigenvalue weighted by Gasteiger charge is 2.47. The van der Waals surface area contributed by atoms with Gasteiger partial charge in [-0.25, -0.2) is 9.18 Å². The number of halogens is 1. The van der Waals surface area contributed by atoms with Crippen LogP contribution in [0.25, 0.3) is 11.0 Å². The van der Waals surface area contributed by atoms with E-state index >= 15 is 0 Å². The van der Waals surface area contributed by atoms with E-state index in [9.17, 15) is 18.8 Å². The molecule has 0 radical (unpaired) electrons. The molecule has 0 unspecified atom stereocenters. The maximum absolute atomic E-state index is 14.1. The monoisotopic (exact) mass is 627 g/mol. The molecule has 2 heterocycles. The normalized spacial score (nSPS) is 27.8. The van der Waals surface area contributed by atoms with Gasteiger partial charge in [0.1, 0.15) is 18.3 Å². The lowest BCUT2D eigenvalue weighted by atomic mass is 9.75. The van der Waals surface area contributed by atoms with Crippen LogP contribution in [0.4, 0.5) is 10.1 Å². The van der Waals surface area contributed by atoms with Gasteiger partial charge in [0, 0.05) is 36.7 Å². The molecule has 248 valence electrons. The van der Waals surface area contributed by atoms with Crippen LogP contribution in [-0.4, -0.2) is 67.8 Å². The number of rotatable bonds is 12. The molecule has 3 atom stereocenters. The summed E-state index contributed by atoms with van der Waals surface area (Å²) in [4.78, 5) is 42.4. The number of carbonyl (C=O) groups is 3. The van der Waals surface area contributed by atoms with Crippen molar-refractivity contribution in [3.05, 3.63) is 30.0 Å². The topological polar surface area (TPSA) is 124 Å². The molecule has 0 bridgehead atoms. The number of esters is 1. The van der Waals surface area contributed by atoms with Crippen LogP contribution in [0.15, 0.2) is 28.7 Å². The average molecular weight is 628 g/mol. The lowest BCUT2D eigenvalue weighted by Gasteiger charge is -2.37. The van der Waals surface area contributed by atoms with Crippen LogP contribution in [0.5, 0.6) is 0 Å². The van der Waals surface area contributed by atoms with Crippen molar-refractivity contribution >= 4 is 34.4 Å². The highest BCUT2D eigenvalue weighted by molar-refractivity contribution is 6.00. The van der Waals surface area contributed by atoms with E-state index in [4.69, 9.17) is 19.6 Å². The van der Waals surface area contributed by atoms with Gasteiger partial charge in [-0.15, -0.1) is 0 Å². The molecule has 1 aromatic heterocycles. The Bertz CT molecular complexity index is 1300. The summed E-state index contributed by atoms with van der Waals surface area (Å²) in [5, 5.41) is 3.78. The third-order valence-corrected chi connectivity index (χ3v) is 10.5. The van der Waals surface area contributed by atoms with Crippen molar-refractivity contribution in [3.8, 4) is 0 Å². The molecule has 10 heteroatoms. The highest BCUT2D eigenvalue weighted by Crippen LogP contribution is 2.42. The molecule has 3 fully saturated rings. The summed E-state index contributed by atoms with van der Waals surface area (Å²) >= 11 is 0. The summed E-state index contributed by atoms with van der Waals surface area (Å²) in [6.45, 7) is 2.45. The van der Waals surface area contributed by atoms with E-state index in [1.54, 1.807) is 31.4 Å². The van der Waals surface area contributed by atoms with Crippen LogP contribution in [-0.2, 0) is 19.1 Å². The number of hydrogen-bond acceptors (Lipinski definition) is 7. The number of benzene rings is 1. The van der Waals surface area contributed by atoms with E-state index in [0.29, 0.717) is 48.6 Å². The van der Waals surface area contributed by atoms with Crippen molar-refractivity contribution in [3.63, 3.8) is 0 Å². The number of carbonyl (C=O) groups excluding carboxylic acids is 3. The van der Waals surface area contributed by atoms with Gasteiger partial charge in [0.2, 0.25) is 17.6 Å². The number of furan rings is 1. The van der Waals surface area contributed by atoms with Gasteiger partial charge in [-0.05, 0) is 106 Å². The van der Waals surface area contributed by atoms with E-state index in [2.05, 4.69) is 12.2 Å². The lowest BCUT2D eigenvalue weighted by molar-refractivity contribution is -0.142. The highest BCUT2D eigenvalue weighted by atomic mass is 19.1. The number of nitrogens with one attached hydrogen (secondary N) is 1. The van der Waals surface area contributed by atoms with Gasteiger partial charge in [-0.2, -0.15) is 0 Å². The van der Waals surface area contributed by atoms with Crippen molar-refractivity contribution in [1.82, 2.24) is 4.90 Å². The fourth-order valence-corrected chi connectivity index (χ4v) is 7.83. The van der Waals surface area contributed by atoms with E-state index in [1.807, 2.05) is 4.90 Å². The maximum atomic E-state index is 14.1. The second-order valence-electron chi connectivity index (χ2n) is 13.3. The predicted molar refractivity (Wildman–Crippen MR) is 170 cm³/mol. The Balaban J connectivity index is 1.30. The SMILES string of the molecule is CCCCCOC(=O)c1cc2cc(NC(=O)[C@@H]3[C@H](C4CCC(OC)CC4)CCN3C(=O)[C@H]3CC[C@H]([C@H](N)CF)CC3)ccc2o1. The summed E-state index contributed by atoms with van der Waals surface area (Å²) < 4.78 is 29.8. The molecule has 0 spiro atoms. The number of likely N-dealkylation sites (tertiary alicyclic amines) is 1. The Morgan fingerprint density at radius 2 is 1.80 bits per heavy atom. The number of amides is 2. The third kappa shape index (κ3) is 7.88. The van der Waals surface area contributed by atoms with Gasteiger partial charge < -0.3 is 29.8 Å². The van der Waals surface area contributed by atoms with Crippen LogP contribution >= 0.6 is 0 Å². The number of hydrogen-bond donors (Lipinski definition) is 2. The van der Waals surface area contributed by atoms with Gasteiger partial charge in [0.15, 0.2) is 0 Å². The zero-order valence-corrected chi connectivity index (χ0v) is 26.8. The van der Waals surface area contributed by atoms with E-state index < -0.39 is 24.7 Å². The first-order valence-electron chi connectivity index (χ1n) is 17.0. The molecule has 2 amide bonds. The lowest BCUT2D eigenvalue weighted by Crippen LogP contribution is -2.50. The molecule has 2 saturated carbocycles. The number of fused-ring (bicyclic) bond motifs is 1. The second kappa shape index (κ2) is 15.5. The Morgan fingerprint density at radius 1 is 1.04 bits per heavy atom. The zero-order chi connectivity index (χ0) is 31.9. The van der Waals surface area contributed by atoms with Crippen molar-refractivity contribution in [2.75, 3.05) is 32.3 Å². The van der Waals surface area contributed by atoms with Gasteiger partial charge in [0.25, 0.3) is 0 Å². The molecular formula is C35H50FN3O6. The van der Waals surface area contributed by atoms with Crippen LogP contribution in [0.2, 0.25) is 0 Å². The predicted octanol–water partition coefficient (Wildman–Crippen LogP) is 6.24. The number of methoxy groups -OCH3 is 1. The van der Waals surface area contributed by atoms with Crippen molar-refractivity contribution in [2.45, 2.75) is 102 Å². The maximum Gasteiger partial charge on any atom is 0.374 e. The number of anilines is 1. The van der Waals surface area contributed by atoms with Crippen LogP contribution in [0.3, 0.4) is 0 Å². The fraction of sp³-hybridized carbons (Fsp3) is 0.686. The number of nitrogens with zero attached hydrogens (tertiary/aromatic N) is 1. The van der Waals surface area contributed by atoms with Gasteiger partial charge in [-0.3, -0.25) is 9.59 Å². The first kappa shape index (κ1) is 33.4. The second-order valence-corrected chi connectivity index (χ2v) is 13.3. The van der Waals surface area contributed by atoms with Crippen molar-refractivity contribution in [2.24, 2.45) is 29.4 Å². The van der Waals surface area contributed by atoms with E-state index in [0.717, 1.165) is 64.2 Å². The summed E-state index contributed by atoms with van der Waals surface area (Å²) in [7, 11) is 1.75. The zero-order valence-electron chi connectivity index (χ0n) is 26.8. The summed E-state index contributed by atoms with van der Waals surface area (Å²) in [6.07, 6.45) is 10.5. The smallest absolute Gasteiger partial charge is 0.374 e. The summed E-state index contributed by atoms with van der Waals surface area (Å²) in [6, 6.07) is 5.88. The summed E-state index contributed by atoms with van der Waals surface area (Å²) in [5.74, 6) is -0.198.